The molecule has 1 aromatic carbocycles. The Morgan fingerprint density at radius 1 is 1.22 bits per heavy atom. The average molecular weight is 244 g/mol. The van der Waals surface area contributed by atoms with Crippen LogP contribution in [0.1, 0.15) is 32.3 Å². The lowest BCUT2D eigenvalue weighted by Gasteiger charge is -2.21. The van der Waals surface area contributed by atoms with Crippen molar-refractivity contribution < 1.29 is 0 Å². The highest BCUT2D eigenvalue weighted by Crippen LogP contribution is 2.06. The lowest BCUT2D eigenvalue weighted by Crippen LogP contribution is -2.29. The number of unbranched alkanes of at least 4 members (excludes halogenated alkanes) is 1. The van der Waals surface area contributed by atoms with Crippen LogP contribution in [0.5, 0.6) is 0 Å². The van der Waals surface area contributed by atoms with Crippen molar-refractivity contribution in [3.05, 3.63) is 35.9 Å². The Balaban J connectivity index is 2.18. The van der Waals surface area contributed by atoms with Crippen molar-refractivity contribution in [2.24, 2.45) is 5.92 Å². The summed E-state index contributed by atoms with van der Waals surface area (Å²) < 4.78 is 0. The lowest BCUT2D eigenvalue weighted by molar-refractivity contribution is 0.263. The Labute approximate surface area is 111 Å². The van der Waals surface area contributed by atoms with Crippen LogP contribution in [-0.2, 0) is 6.42 Å². The van der Waals surface area contributed by atoms with Gasteiger partial charge in [-0.25, -0.2) is 0 Å². The smallest absolute Gasteiger partial charge is 0.0666 e. The molecule has 0 aliphatic carbocycles. The molecule has 0 bridgehead atoms. The predicted molar refractivity (Wildman–Crippen MR) is 76.3 cm³/mol. The largest absolute Gasteiger partial charge is 0.302 e. The summed E-state index contributed by atoms with van der Waals surface area (Å²) in [5, 5.41) is 8.82. The number of benzene rings is 1. The van der Waals surface area contributed by atoms with Gasteiger partial charge in [0, 0.05) is 6.54 Å². The molecule has 0 fully saturated rings. The van der Waals surface area contributed by atoms with Crippen LogP contribution in [-0.4, -0.2) is 24.5 Å². The van der Waals surface area contributed by atoms with Crippen molar-refractivity contribution in [2.75, 3.05) is 19.6 Å². The van der Waals surface area contributed by atoms with Crippen LogP contribution in [0.3, 0.4) is 0 Å². The molecule has 0 aromatic heterocycles. The van der Waals surface area contributed by atoms with Gasteiger partial charge in [0.15, 0.2) is 0 Å². The molecule has 1 atom stereocenters. The van der Waals surface area contributed by atoms with Crippen LogP contribution in [0.2, 0.25) is 0 Å². The molecule has 1 rings (SSSR count). The van der Waals surface area contributed by atoms with E-state index in [4.69, 9.17) is 5.26 Å². The first-order chi connectivity index (χ1) is 8.76. The Morgan fingerprint density at radius 2 is 1.94 bits per heavy atom. The summed E-state index contributed by atoms with van der Waals surface area (Å²) in [4.78, 5) is 2.37. The highest BCUT2D eigenvalue weighted by Gasteiger charge is 2.07. The summed E-state index contributed by atoms with van der Waals surface area (Å²) in [5.41, 5.74) is 1.42. The van der Waals surface area contributed by atoms with E-state index in [1.54, 1.807) is 0 Å². The van der Waals surface area contributed by atoms with E-state index >= 15 is 0 Å². The molecular weight excluding hydrogens is 220 g/mol. The molecule has 0 N–H and O–H groups in total. The van der Waals surface area contributed by atoms with E-state index in [0.29, 0.717) is 0 Å². The molecule has 0 radical (unpaired) electrons. The Bertz CT molecular complexity index is 353. The van der Waals surface area contributed by atoms with Crippen LogP contribution < -0.4 is 0 Å². The predicted octanol–water partition coefficient (Wildman–Crippen LogP) is 3.49. The number of hydrogen-bond acceptors (Lipinski definition) is 2. The summed E-state index contributed by atoms with van der Waals surface area (Å²) in [6.45, 7) is 7.21. The zero-order valence-electron chi connectivity index (χ0n) is 11.6. The molecule has 0 amide bonds. The van der Waals surface area contributed by atoms with Gasteiger partial charge in [-0.1, -0.05) is 37.3 Å². The van der Waals surface area contributed by atoms with Gasteiger partial charge >= 0.3 is 0 Å². The van der Waals surface area contributed by atoms with E-state index in [1.165, 1.54) is 18.4 Å². The fourth-order valence-electron chi connectivity index (χ4n) is 2.12. The minimum Gasteiger partial charge on any atom is -0.302 e. The molecule has 0 aliphatic heterocycles. The quantitative estimate of drug-likeness (QED) is 0.654. The topological polar surface area (TPSA) is 27.0 Å². The van der Waals surface area contributed by atoms with E-state index in [0.717, 1.165) is 26.1 Å². The van der Waals surface area contributed by atoms with Crippen LogP contribution in [0.25, 0.3) is 0 Å². The van der Waals surface area contributed by atoms with Crippen molar-refractivity contribution in [1.29, 1.82) is 5.26 Å². The van der Waals surface area contributed by atoms with E-state index in [9.17, 15) is 0 Å². The fraction of sp³-hybridized carbons (Fsp3) is 0.562. The SMILES string of the molecule is CCN(CCCCc1ccccc1)CC(C)C#N. The van der Waals surface area contributed by atoms with Gasteiger partial charge in [-0.05, 0) is 44.8 Å². The van der Waals surface area contributed by atoms with E-state index in [-0.39, 0.29) is 5.92 Å². The molecule has 2 heteroatoms. The number of aryl methyl sites for hydroxylation is 1. The summed E-state index contributed by atoms with van der Waals surface area (Å²) in [6, 6.07) is 12.9. The van der Waals surface area contributed by atoms with Gasteiger partial charge in [-0.15, -0.1) is 0 Å². The molecule has 0 heterocycles. The second kappa shape index (κ2) is 8.72. The molecule has 0 saturated carbocycles. The number of nitriles is 1. The van der Waals surface area contributed by atoms with Crippen molar-refractivity contribution in [3.8, 4) is 6.07 Å². The Hall–Kier alpha value is -1.33. The fourth-order valence-corrected chi connectivity index (χ4v) is 2.12. The third-order valence-electron chi connectivity index (χ3n) is 3.23. The molecule has 18 heavy (non-hydrogen) atoms. The first-order valence-corrected chi connectivity index (χ1v) is 6.92. The standard InChI is InChI=1S/C16H24N2/c1-3-18(14-15(2)13-17)12-8-7-11-16-9-5-4-6-10-16/h4-6,9-10,15H,3,7-8,11-12,14H2,1-2H3. The maximum atomic E-state index is 8.82. The van der Waals surface area contributed by atoms with Gasteiger partial charge < -0.3 is 4.90 Å². The first kappa shape index (κ1) is 14.7. The van der Waals surface area contributed by atoms with Crippen LogP contribution in [0.4, 0.5) is 0 Å². The average Bonchev–Trinajstić information content (AvgIpc) is 2.43. The maximum absolute atomic E-state index is 8.82. The van der Waals surface area contributed by atoms with Crippen LogP contribution in [0.15, 0.2) is 30.3 Å². The van der Waals surface area contributed by atoms with Gasteiger partial charge in [-0.3, -0.25) is 0 Å². The molecule has 1 unspecified atom stereocenters. The molecule has 2 nitrogen and oxygen atoms in total. The minimum atomic E-state index is 0.138. The minimum absolute atomic E-state index is 0.138. The number of rotatable bonds is 8. The Kier molecular flexibility index (Phi) is 7.13. The normalized spacial score (nSPS) is 12.3. The van der Waals surface area contributed by atoms with Crippen LogP contribution >= 0.6 is 0 Å². The van der Waals surface area contributed by atoms with Crippen molar-refractivity contribution in [3.63, 3.8) is 0 Å². The molecule has 1 aromatic rings. The maximum Gasteiger partial charge on any atom is 0.0666 e. The first-order valence-electron chi connectivity index (χ1n) is 6.92. The van der Waals surface area contributed by atoms with Gasteiger partial charge in [0.1, 0.15) is 0 Å². The zero-order valence-corrected chi connectivity index (χ0v) is 11.6. The van der Waals surface area contributed by atoms with Gasteiger partial charge in [0.25, 0.3) is 0 Å². The molecular formula is C16H24N2. The van der Waals surface area contributed by atoms with Crippen molar-refractivity contribution >= 4 is 0 Å². The third-order valence-corrected chi connectivity index (χ3v) is 3.23. The van der Waals surface area contributed by atoms with Gasteiger partial charge in [0.2, 0.25) is 0 Å². The van der Waals surface area contributed by atoms with Crippen LogP contribution in [0, 0.1) is 17.2 Å². The second-order valence-corrected chi connectivity index (χ2v) is 4.87. The molecule has 98 valence electrons. The highest BCUT2D eigenvalue weighted by molar-refractivity contribution is 5.14. The number of nitrogens with zero attached hydrogens (tertiary/aromatic N) is 2. The van der Waals surface area contributed by atoms with Gasteiger partial charge in [0.05, 0.1) is 12.0 Å². The van der Waals surface area contributed by atoms with Gasteiger partial charge in [-0.2, -0.15) is 5.26 Å². The lowest BCUT2D eigenvalue weighted by atomic mass is 10.1. The summed E-state index contributed by atoms with van der Waals surface area (Å²) >= 11 is 0. The summed E-state index contributed by atoms with van der Waals surface area (Å²) in [6.07, 6.45) is 3.59. The summed E-state index contributed by atoms with van der Waals surface area (Å²) in [7, 11) is 0. The van der Waals surface area contributed by atoms with E-state index in [2.05, 4.69) is 48.2 Å². The molecule has 0 spiro atoms. The molecule has 0 saturated heterocycles. The number of hydrogen-bond donors (Lipinski definition) is 0. The van der Waals surface area contributed by atoms with Crippen molar-refractivity contribution in [1.82, 2.24) is 4.90 Å². The second-order valence-electron chi connectivity index (χ2n) is 4.87. The Morgan fingerprint density at radius 3 is 2.56 bits per heavy atom. The highest BCUT2D eigenvalue weighted by atomic mass is 15.1. The molecule has 0 aliphatic rings. The third kappa shape index (κ3) is 5.84. The van der Waals surface area contributed by atoms with Crippen molar-refractivity contribution in [2.45, 2.75) is 33.1 Å². The monoisotopic (exact) mass is 244 g/mol. The zero-order chi connectivity index (χ0) is 13.2. The van der Waals surface area contributed by atoms with E-state index in [1.807, 2.05) is 6.92 Å². The van der Waals surface area contributed by atoms with E-state index < -0.39 is 0 Å². The summed E-state index contributed by atoms with van der Waals surface area (Å²) in [5.74, 6) is 0.138.